The molecule has 14 heavy (non-hydrogen) atoms. The smallest absolute Gasteiger partial charge is 0.344 e. The summed E-state index contributed by atoms with van der Waals surface area (Å²) in [6.07, 6.45) is 0.113. The second-order valence-electron chi connectivity index (χ2n) is 4.17. The van der Waals surface area contributed by atoms with Crippen LogP contribution in [0.1, 0.15) is 39.5 Å². The van der Waals surface area contributed by atoms with Crippen LogP contribution in [0.15, 0.2) is 0 Å². The Labute approximate surface area is 83.3 Å². The molecule has 1 aliphatic carbocycles. The first-order chi connectivity index (χ1) is 6.44. The van der Waals surface area contributed by atoms with Crippen molar-refractivity contribution in [2.45, 2.75) is 57.4 Å². The molecule has 1 saturated carbocycles. The van der Waals surface area contributed by atoms with Crippen molar-refractivity contribution in [3.63, 3.8) is 0 Å². The maximum Gasteiger partial charge on any atom is 0.344 e. The van der Waals surface area contributed by atoms with Crippen molar-refractivity contribution in [3.8, 4) is 0 Å². The van der Waals surface area contributed by atoms with Crippen LogP contribution in [0.4, 0.5) is 4.39 Å². The van der Waals surface area contributed by atoms with Crippen LogP contribution in [0.25, 0.3) is 0 Å². The summed E-state index contributed by atoms with van der Waals surface area (Å²) in [5.41, 5.74) is -1.97. The lowest BCUT2D eigenvalue weighted by molar-refractivity contribution is -0.166. The van der Waals surface area contributed by atoms with Gasteiger partial charge in [0.05, 0.1) is 12.2 Å². The van der Waals surface area contributed by atoms with Crippen LogP contribution < -0.4 is 0 Å². The first-order valence-electron chi connectivity index (χ1n) is 5.02. The standard InChI is InChI=1S/C10H17FO3/c1-7(2)14-9(13)10(11)5-3-4-8(12)6-10/h7-8,12H,3-6H2,1-2H3/t8-,10-/m0/s1. The Balaban J connectivity index is 2.59. The minimum Gasteiger partial charge on any atom is -0.461 e. The minimum atomic E-state index is -1.97. The molecule has 2 atom stereocenters. The maximum atomic E-state index is 13.9. The Morgan fingerprint density at radius 3 is 2.79 bits per heavy atom. The molecular weight excluding hydrogens is 187 g/mol. The predicted octanol–water partition coefficient (Wildman–Crippen LogP) is 1.58. The highest BCUT2D eigenvalue weighted by Crippen LogP contribution is 2.33. The van der Waals surface area contributed by atoms with Crippen LogP contribution in [0, 0.1) is 0 Å². The van der Waals surface area contributed by atoms with E-state index in [0.29, 0.717) is 12.8 Å². The maximum absolute atomic E-state index is 13.9. The summed E-state index contributed by atoms with van der Waals surface area (Å²) in [6.45, 7) is 3.36. The first kappa shape index (κ1) is 11.4. The second kappa shape index (κ2) is 4.26. The van der Waals surface area contributed by atoms with Gasteiger partial charge in [-0.15, -0.1) is 0 Å². The largest absolute Gasteiger partial charge is 0.461 e. The minimum absolute atomic E-state index is 0.126. The van der Waals surface area contributed by atoms with Gasteiger partial charge in [0, 0.05) is 6.42 Å². The molecule has 0 spiro atoms. The van der Waals surface area contributed by atoms with E-state index in [2.05, 4.69) is 0 Å². The van der Waals surface area contributed by atoms with E-state index in [4.69, 9.17) is 4.74 Å². The van der Waals surface area contributed by atoms with E-state index in [9.17, 15) is 14.3 Å². The highest BCUT2D eigenvalue weighted by molar-refractivity contribution is 5.79. The van der Waals surface area contributed by atoms with Crippen molar-refractivity contribution in [2.75, 3.05) is 0 Å². The summed E-state index contributed by atoms with van der Waals surface area (Å²) < 4.78 is 18.8. The third kappa shape index (κ3) is 2.67. The Morgan fingerprint density at radius 2 is 2.29 bits per heavy atom. The van der Waals surface area contributed by atoms with E-state index in [0.717, 1.165) is 0 Å². The topological polar surface area (TPSA) is 46.5 Å². The van der Waals surface area contributed by atoms with Crippen LogP contribution >= 0.6 is 0 Å². The normalized spacial score (nSPS) is 33.1. The highest BCUT2D eigenvalue weighted by atomic mass is 19.1. The quantitative estimate of drug-likeness (QED) is 0.695. The van der Waals surface area contributed by atoms with Gasteiger partial charge >= 0.3 is 5.97 Å². The lowest BCUT2D eigenvalue weighted by Crippen LogP contribution is -2.42. The van der Waals surface area contributed by atoms with Gasteiger partial charge in [0.2, 0.25) is 5.67 Å². The Morgan fingerprint density at radius 1 is 1.64 bits per heavy atom. The van der Waals surface area contributed by atoms with E-state index in [1.165, 1.54) is 0 Å². The summed E-state index contributed by atoms with van der Waals surface area (Å²) in [5, 5.41) is 9.28. The second-order valence-corrected chi connectivity index (χ2v) is 4.17. The molecule has 0 aliphatic heterocycles. The molecule has 0 saturated heterocycles. The summed E-state index contributed by atoms with van der Waals surface area (Å²) in [5.74, 6) is -0.828. The first-order valence-corrected chi connectivity index (χ1v) is 5.02. The lowest BCUT2D eigenvalue weighted by atomic mass is 9.84. The fourth-order valence-electron chi connectivity index (χ4n) is 1.70. The number of esters is 1. The summed E-state index contributed by atoms with van der Waals surface area (Å²) in [4.78, 5) is 11.4. The molecule has 3 nitrogen and oxygen atoms in total. The number of rotatable bonds is 2. The number of hydrogen-bond donors (Lipinski definition) is 1. The number of carbonyl (C=O) groups excluding carboxylic acids is 1. The number of carbonyl (C=O) groups is 1. The Bertz CT molecular complexity index is 217. The molecule has 0 radical (unpaired) electrons. The molecule has 1 rings (SSSR count). The molecule has 0 aromatic heterocycles. The number of hydrogen-bond acceptors (Lipinski definition) is 3. The third-order valence-corrected chi connectivity index (χ3v) is 2.38. The molecule has 4 heteroatoms. The van der Waals surface area contributed by atoms with Crippen molar-refractivity contribution in [1.82, 2.24) is 0 Å². The molecule has 0 heterocycles. The van der Waals surface area contributed by atoms with Gasteiger partial charge in [-0.1, -0.05) is 0 Å². The highest BCUT2D eigenvalue weighted by Gasteiger charge is 2.44. The van der Waals surface area contributed by atoms with Crippen LogP contribution in [-0.4, -0.2) is 29.0 Å². The van der Waals surface area contributed by atoms with Gasteiger partial charge in [-0.25, -0.2) is 9.18 Å². The van der Waals surface area contributed by atoms with E-state index in [1.54, 1.807) is 13.8 Å². The van der Waals surface area contributed by atoms with E-state index in [1.807, 2.05) is 0 Å². The van der Waals surface area contributed by atoms with Gasteiger partial charge < -0.3 is 9.84 Å². The molecule has 0 unspecified atom stereocenters. The summed E-state index contributed by atoms with van der Waals surface area (Å²) >= 11 is 0. The molecule has 1 fully saturated rings. The average Bonchev–Trinajstić information content (AvgIpc) is 2.02. The van der Waals surface area contributed by atoms with E-state index >= 15 is 0 Å². The van der Waals surface area contributed by atoms with Crippen LogP contribution in [0.2, 0.25) is 0 Å². The van der Waals surface area contributed by atoms with E-state index < -0.39 is 17.7 Å². The molecule has 0 aromatic rings. The summed E-state index contributed by atoms with van der Waals surface area (Å²) in [6, 6.07) is 0. The average molecular weight is 204 g/mol. The molecule has 0 bridgehead atoms. The zero-order chi connectivity index (χ0) is 10.8. The lowest BCUT2D eigenvalue weighted by Gasteiger charge is -2.30. The number of halogens is 1. The fourth-order valence-corrected chi connectivity index (χ4v) is 1.70. The molecule has 0 aromatic carbocycles. The van der Waals surface area contributed by atoms with Crippen LogP contribution in [0.5, 0.6) is 0 Å². The van der Waals surface area contributed by atoms with Crippen molar-refractivity contribution in [2.24, 2.45) is 0 Å². The van der Waals surface area contributed by atoms with Gasteiger partial charge in [-0.3, -0.25) is 0 Å². The van der Waals surface area contributed by atoms with E-state index in [-0.39, 0.29) is 18.9 Å². The number of aliphatic hydroxyl groups is 1. The molecule has 0 amide bonds. The Kier molecular flexibility index (Phi) is 3.48. The van der Waals surface area contributed by atoms with Crippen molar-refractivity contribution in [3.05, 3.63) is 0 Å². The zero-order valence-corrected chi connectivity index (χ0v) is 8.62. The summed E-state index contributed by atoms with van der Waals surface area (Å²) in [7, 11) is 0. The molecular formula is C10H17FO3. The number of aliphatic hydroxyl groups excluding tert-OH is 1. The number of alkyl halides is 1. The van der Waals surface area contributed by atoms with Crippen molar-refractivity contribution in [1.29, 1.82) is 0 Å². The molecule has 82 valence electrons. The molecule has 1 aliphatic rings. The van der Waals surface area contributed by atoms with Crippen LogP contribution in [0.3, 0.4) is 0 Å². The SMILES string of the molecule is CC(C)OC(=O)[C@]1(F)CCC[C@H](O)C1. The van der Waals surface area contributed by atoms with Gasteiger partial charge in [0.1, 0.15) is 0 Å². The van der Waals surface area contributed by atoms with Gasteiger partial charge in [0.15, 0.2) is 0 Å². The number of ether oxygens (including phenoxy) is 1. The van der Waals surface area contributed by atoms with Gasteiger partial charge in [-0.05, 0) is 33.1 Å². The third-order valence-electron chi connectivity index (χ3n) is 2.38. The van der Waals surface area contributed by atoms with Gasteiger partial charge in [-0.2, -0.15) is 0 Å². The predicted molar refractivity (Wildman–Crippen MR) is 49.5 cm³/mol. The van der Waals surface area contributed by atoms with Gasteiger partial charge in [0.25, 0.3) is 0 Å². The Hall–Kier alpha value is -0.640. The zero-order valence-electron chi connectivity index (χ0n) is 8.62. The van der Waals surface area contributed by atoms with Crippen LogP contribution in [-0.2, 0) is 9.53 Å². The van der Waals surface area contributed by atoms with Crippen molar-refractivity contribution >= 4 is 5.97 Å². The van der Waals surface area contributed by atoms with Crippen molar-refractivity contribution < 1.29 is 19.0 Å². The monoisotopic (exact) mass is 204 g/mol. The molecule has 1 N–H and O–H groups in total. The fraction of sp³-hybridized carbons (Fsp3) is 0.900.